The van der Waals surface area contributed by atoms with Crippen molar-refractivity contribution in [3.63, 3.8) is 0 Å². The van der Waals surface area contributed by atoms with Crippen molar-refractivity contribution >= 4 is 35.1 Å². The van der Waals surface area contributed by atoms with Crippen molar-refractivity contribution < 1.29 is 14.0 Å². The van der Waals surface area contributed by atoms with E-state index in [2.05, 4.69) is 20.6 Å². The maximum atomic E-state index is 13.1. The van der Waals surface area contributed by atoms with Gasteiger partial charge < -0.3 is 15.6 Å². The van der Waals surface area contributed by atoms with E-state index >= 15 is 0 Å². The maximum Gasteiger partial charge on any atom is 0.257 e. The normalized spacial score (nSPS) is 15.2. The molecule has 0 unspecified atom stereocenters. The molecule has 0 aliphatic carbocycles. The molecule has 1 atom stereocenters. The zero-order valence-corrected chi connectivity index (χ0v) is 17.4. The first-order chi connectivity index (χ1) is 14.9. The lowest BCUT2D eigenvalue weighted by atomic mass is 9.92. The second-order valence-corrected chi connectivity index (χ2v) is 8.12. The molecule has 2 amide bonds. The van der Waals surface area contributed by atoms with Crippen molar-refractivity contribution in [2.75, 3.05) is 10.6 Å². The predicted octanol–water partition coefficient (Wildman–Crippen LogP) is 3.57. The number of aryl methyl sites for hydroxylation is 1. The Morgan fingerprint density at radius 2 is 1.94 bits per heavy atom. The van der Waals surface area contributed by atoms with Crippen LogP contribution in [0.3, 0.4) is 0 Å². The molecule has 0 bridgehead atoms. The van der Waals surface area contributed by atoms with Gasteiger partial charge in [-0.25, -0.2) is 9.37 Å². The number of nitrogens with zero attached hydrogens (tertiary/aromatic N) is 1. The van der Waals surface area contributed by atoms with Crippen LogP contribution in [0.5, 0.6) is 0 Å². The summed E-state index contributed by atoms with van der Waals surface area (Å²) < 4.78 is 13.1. The Labute approximate surface area is 181 Å². The van der Waals surface area contributed by atoms with Gasteiger partial charge in [-0.1, -0.05) is 42.1 Å². The zero-order chi connectivity index (χ0) is 22.0. The van der Waals surface area contributed by atoms with Gasteiger partial charge in [0.05, 0.1) is 11.5 Å². The quantitative estimate of drug-likeness (QED) is 0.417. The molecule has 0 spiro atoms. The molecular weight excluding hydrogens is 419 g/mol. The van der Waals surface area contributed by atoms with E-state index in [1.165, 1.54) is 23.9 Å². The summed E-state index contributed by atoms with van der Waals surface area (Å²) in [6.07, 6.45) is -0.141. The maximum absolute atomic E-state index is 13.1. The highest BCUT2D eigenvalue weighted by molar-refractivity contribution is 7.98. The summed E-state index contributed by atoms with van der Waals surface area (Å²) in [6, 6.07) is 13.3. The molecule has 31 heavy (non-hydrogen) atoms. The topological polar surface area (TPSA) is 104 Å². The van der Waals surface area contributed by atoms with Crippen LogP contribution in [0.1, 0.15) is 29.0 Å². The van der Waals surface area contributed by atoms with Crippen molar-refractivity contribution in [2.24, 2.45) is 0 Å². The van der Waals surface area contributed by atoms with Gasteiger partial charge in [0.1, 0.15) is 11.6 Å². The fourth-order valence-electron chi connectivity index (χ4n) is 3.31. The number of aromatic amines is 1. The highest BCUT2D eigenvalue weighted by atomic mass is 32.2. The Morgan fingerprint density at radius 3 is 2.68 bits per heavy atom. The average Bonchev–Trinajstić information content (AvgIpc) is 2.74. The molecule has 4 rings (SSSR count). The van der Waals surface area contributed by atoms with E-state index in [4.69, 9.17) is 0 Å². The number of nitrogens with one attached hydrogen (secondary N) is 3. The molecule has 0 saturated heterocycles. The number of rotatable bonds is 5. The fourth-order valence-corrected chi connectivity index (χ4v) is 4.12. The van der Waals surface area contributed by atoms with Crippen LogP contribution >= 0.6 is 11.8 Å². The summed E-state index contributed by atoms with van der Waals surface area (Å²) in [5, 5.41) is 5.69. The van der Waals surface area contributed by atoms with Gasteiger partial charge in [0.15, 0.2) is 5.16 Å². The summed E-state index contributed by atoms with van der Waals surface area (Å²) in [4.78, 5) is 44.9. The van der Waals surface area contributed by atoms with Crippen LogP contribution in [-0.4, -0.2) is 21.8 Å². The fraction of sp³-hybridized carbons (Fsp3) is 0.182. The van der Waals surface area contributed by atoms with Gasteiger partial charge in [-0.15, -0.1) is 0 Å². The van der Waals surface area contributed by atoms with Gasteiger partial charge in [0.25, 0.3) is 5.56 Å². The number of benzene rings is 2. The Kier molecular flexibility index (Phi) is 5.85. The highest BCUT2D eigenvalue weighted by Gasteiger charge is 2.34. The Hall–Kier alpha value is -3.46. The monoisotopic (exact) mass is 438 g/mol. The molecule has 2 heterocycles. The second-order valence-electron chi connectivity index (χ2n) is 7.16. The molecule has 1 aromatic heterocycles. The number of aromatic nitrogens is 2. The summed E-state index contributed by atoms with van der Waals surface area (Å²) in [7, 11) is 0. The van der Waals surface area contributed by atoms with Crippen LogP contribution < -0.4 is 16.2 Å². The van der Waals surface area contributed by atoms with Crippen molar-refractivity contribution in [1.29, 1.82) is 0 Å². The van der Waals surface area contributed by atoms with Crippen molar-refractivity contribution in [3.05, 3.63) is 81.4 Å². The van der Waals surface area contributed by atoms with Gasteiger partial charge in [0.2, 0.25) is 11.8 Å². The first-order valence-corrected chi connectivity index (χ1v) is 10.6. The molecule has 0 saturated carbocycles. The molecule has 3 aromatic rings. The largest absolute Gasteiger partial charge is 0.325 e. The van der Waals surface area contributed by atoms with E-state index in [9.17, 15) is 18.8 Å². The molecule has 9 heteroatoms. The summed E-state index contributed by atoms with van der Waals surface area (Å²) in [5.41, 5.74) is 2.01. The van der Waals surface area contributed by atoms with Gasteiger partial charge in [-0.05, 0) is 36.2 Å². The molecule has 0 fully saturated rings. The standard InChI is InChI=1S/C22H19FN4O3S/c1-12-4-2-3-5-16(12)24-20(29)15-10-17(28)25-19-18(15)21(30)27-22(26-19)31-11-13-6-8-14(23)9-7-13/h2-9,15H,10-11H2,1H3,(H,24,29)(H2,25,26,27,28,30)/t15-/m1/s1. The number of amides is 2. The molecule has 3 N–H and O–H groups in total. The van der Waals surface area contributed by atoms with E-state index in [-0.39, 0.29) is 29.5 Å². The van der Waals surface area contributed by atoms with Crippen molar-refractivity contribution in [1.82, 2.24) is 9.97 Å². The van der Waals surface area contributed by atoms with Crippen molar-refractivity contribution in [3.8, 4) is 0 Å². The smallest absolute Gasteiger partial charge is 0.257 e. The van der Waals surface area contributed by atoms with E-state index in [1.54, 1.807) is 24.3 Å². The molecular formula is C22H19FN4O3S. The number of fused-ring (bicyclic) bond motifs is 1. The van der Waals surface area contributed by atoms with Crippen LogP contribution in [0.25, 0.3) is 0 Å². The summed E-state index contributed by atoms with van der Waals surface area (Å²) in [5.74, 6) is -1.56. The van der Waals surface area contributed by atoms with Gasteiger partial charge in [-0.3, -0.25) is 14.4 Å². The van der Waals surface area contributed by atoms with E-state index in [1.807, 2.05) is 19.1 Å². The molecule has 1 aliphatic heterocycles. The highest BCUT2D eigenvalue weighted by Crippen LogP contribution is 2.31. The minimum absolute atomic E-state index is 0.0894. The Bertz CT molecular complexity index is 1210. The third-order valence-electron chi connectivity index (χ3n) is 4.94. The van der Waals surface area contributed by atoms with Gasteiger partial charge in [0, 0.05) is 17.9 Å². The number of hydrogen-bond donors (Lipinski definition) is 3. The average molecular weight is 438 g/mol. The third kappa shape index (κ3) is 4.66. The third-order valence-corrected chi connectivity index (χ3v) is 5.88. The number of carbonyl (C=O) groups excluding carboxylic acids is 2. The first kappa shape index (κ1) is 20.8. The lowest BCUT2D eigenvalue weighted by molar-refractivity contribution is -0.123. The molecule has 1 aliphatic rings. The van der Waals surface area contributed by atoms with Crippen LogP contribution in [-0.2, 0) is 15.3 Å². The van der Waals surface area contributed by atoms with E-state index < -0.39 is 17.4 Å². The molecule has 2 aromatic carbocycles. The first-order valence-electron chi connectivity index (χ1n) is 9.58. The van der Waals surface area contributed by atoms with Crippen LogP contribution in [0.15, 0.2) is 58.5 Å². The lowest BCUT2D eigenvalue weighted by Gasteiger charge is -2.23. The van der Waals surface area contributed by atoms with Crippen LogP contribution in [0.4, 0.5) is 15.9 Å². The molecule has 7 nitrogen and oxygen atoms in total. The number of hydrogen-bond acceptors (Lipinski definition) is 5. The SMILES string of the molecule is Cc1ccccc1NC(=O)[C@@H]1CC(=O)Nc2nc(SCc3ccc(F)cc3)[nH]c(=O)c21. The second kappa shape index (κ2) is 8.73. The number of carbonyl (C=O) groups is 2. The summed E-state index contributed by atoms with van der Waals surface area (Å²) in [6.45, 7) is 1.86. The lowest BCUT2D eigenvalue weighted by Crippen LogP contribution is -2.36. The Morgan fingerprint density at radius 1 is 1.19 bits per heavy atom. The summed E-state index contributed by atoms with van der Waals surface area (Å²) >= 11 is 1.24. The molecule has 158 valence electrons. The number of para-hydroxylation sites is 1. The number of anilines is 2. The zero-order valence-electron chi connectivity index (χ0n) is 16.6. The number of thioether (sulfide) groups is 1. The molecule has 0 radical (unpaired) electrons. The minimum Gasteiger partial charge on any atom is -0.325 e. The van der Waals surface area contributed by atoms with Crippen molar-refractivity contribution in [2.45, 2.75) is 30.2 Å². The predicted molar refractivity (Wildman–Crippen MR) is 117 cm³/mol. The van der Waals surface area contributed by atoms with E-state index in [0.717, 1.165) is 11.1 Å². The number of halogens is 1. The van der Waals surface area contributed by atoms with Gasteiger partial charge >= 0.3 is 0 Å². The van der Waals surface area contributed by atoms with Crippen LogP contribution in [0.2, 0.25) is 0 Å². The van der Waals surface area contributed by atoms with Gasteiger partial charge in [-0.2, -0.15) is 0 Å². The van der Waals surface area contributed by atoms with E-state index in [0.29, 0.717) is 16.6 Å². The van der Waals surface area contributed by atoms with Crippen LogP contribution in [0, 0.1) is 12.7 Å². The minimum atomic E-state index is -0.948. The number of H-pyrrole nitrogens is 1. The Balaban J connectivity index is 1.58.